The second kappa shape index (κ2) is 7.41. The van der Waals surface area contributed by atoms with Crippen LogP contribution >= 0.6 is 0 Å². The van der Waals surface area contributed by atoms with Crippen LogP contribution in [0.15, 0.2) is 6.07 Å². The van der Waals surface area contributed by atoms with Gasteiger partial charge in [0.1, 0.15) is 0 Å². The lowest BCUT2D eigenvalue weighted by molar-refractivity contribution is -0.133. The first kappa shape index (κ1) is 17.2. The molecule has 7 heteroatoms. The van der Waals surface area contributed by atoms with Gasteiger partial charge in [-0.15, -0.1) is 0 Å². The molecule has 1 aliphatic heterocycles. The van der Waals surface area contributed by atoms with E-state index in [0.29, 0.717) is 19.0 Å². The van der Waals surface area contributed by atoms with Gasteiger partial charge in [0.05, 0.1) is 19.6 Å². The number of carbonyl (C=O) groups excluding carboxylic acids is 2. The normalized spacial score (nSPS) is 18.4. The van der Waals surface area contributed by atoms with Crippen molar-refractivity contribution in [2.45, 2.75) is 32.9 Å². The summed E-state index contributed by atoms with van der Waals surface area (Å²) in [6.45, 7) is 5.56. The first-order valence-corrected chi connectivity index (χ1v) is 7.68. The summed E-state index contributed by atoms with van der Waals surface area (Å²) in [5.74, 6) is 0.260. The second-order valence-corrected chi connectivity index (χ2v) is 5.84. The summed E-state index contributed by atoms with van der Waals surface area (Å²) >= 11 is 0. The monoisotopic (exact) mass is 320 g/mol. The molecule has 1 saturated heterocycles. The van der Waals surface area contributed by atoms with E-state index in [0.717, 1.165) is 23.4 Å². The summed E-state index contributed by atoms with van der Waals surface area (Å²) in [6.07, 6.45) is 0.142. The predicted octanol–water partition coefficient (Wildman–Crippen LogP) is 0.144. The van der Waals surface area contributed by atoms with Crippen LogP contribution in [0.5, 0.6) is 5.88 Å². The lowest BCUT2D eigenvalue weighted by Crippen LogP contribution is -2.54. The van der Waals surface area contributed by atoms with Crippen LogP contribution in [0, 0.1) is 13.8 Å². The van der Waals surface area contributed by atoms with Gasteiger partial charge in [-0.1, -0.05) is 0 Å². The molecule has 0 spiro atoms. The Morgan fingerprint density at radius 1 is 1.52 bits per heavy atom. The van der Waals surface area contributed by atoms with E-state index in [1.165, 1.54) is 0 Å². The van der Waals surface area contributed by atoms with Crippen LogP contribution in [0.25, 0.3) is 0 Å². The molecular weight excluding hydrogens is 296 g/mol. The molecular formula is C16H24N4O3. The molecule has 0 saturated carbocycles. The van der Waals surface area contributed by atoms with E-state index in [-0.39, 0.29) is 18.2 Å². The quantitative estimate of drug-likeness (QED) is 0.806. The maximum atomic E-state index is 12.2. The van der Waals surface area contributed by atoms with E-state index in [1.807, 2.05) is 31.9 Å². The molecule has 1 fully saturated rings. The predicted molar refractivity (Wildman–Crippen MR) is 86.2 cm³/mol. The Balaban J connectivity index is 1.98. The number of pyridine rings is 1. The summed E-state index contributed by atoms with van der Waals surface area (Å²) in [7, 11) is 3.42. The van der Waals surface area contributed by atoms with E-state index in [1.54, 1.807) is 7.11 Å². The van der Waals surface area contributed by atoms with Gasteiger partial charge < -0.3 is 15.4 Å². The molecule has 2 rings (SSSR count). The maximum absolute atomic E-state index is 12.2. The zero-order valence-corrected chi connectivity index (χ0v) is 14.1. The number of aryl methyl sites for hydroxylation is 2. The fourth-order valence-corrected chi connectivity index (χ4v) is 2.73. The summed E-state index contributed by atoms with van der Waals surface area (Å²) in [4.78, 5) is 30.2. The van der Waals surface area contributed by atoms with Crippen LogP contribution in [0.2, 0.25) is 0 Å². The number of hydrogen-bond donors (Lipinski definition) is 2. The fraction of sp³-hybridized carbons (Fsp3) is 0.562. The van der Waals surface area contributed by atoms with Crippen LogP contribution < -0.4 is 15.4 Å². The third-order valence-corrected chi connectivity index (χ3v) is 4.07. The third kappa shape index (κ3) is 4.19. The topological polar surface area (TPSA) is 83.6 Å². The lowest BCUT2D eigenvalue weighted by Gasteiger charge is -2.31. The molecule has 126 valence electrons. The SMILES string of the molecule is COc1nc(C)cc(C)c1CNC(=O)CC1C(=O)NCCN1C. The molecule has 2 amide bonds. The minimum atomic E-state index is -0.414. The van der Waals surface area contributed by atoms with Crippen LogP contribution in [0.4, 0.5) is 0 Å². The minimum Gasteiger partial charge on any atom is -0.481 e. The van der Waals surface area contributed by atoms with Gasteiger partial charge in [0.25, 0.3) is 0 Å². The average molecular weight is 320 g/mol. The number of likely N-dealkylation sites (N-methyl/N-ethyl adjacent to an activating group) is 1. The van der Waals surface area contributed by atoms with Crippen LogP contribution in [0.3, 0.4) is 0 Å². The summed E-state index contributed by atoms with van der Waals surface area (Å²) in [6, 6.07) is 1.54. The van der Waals surface area contributed by atoms with E-state index >= 15 is 0 Å². The molecule has 1 aliphatic rings. The van der Waals surface area contributed by atoms with Crippen molar-refractivity contribution < 1.29 is 14.3 Å². The number of methoxy groups -OCH3 is 1. The van der Waals surface area contributed by atoms with Gasteiger partial charge in [-0.25, -0.2) is 4.98 Å². The highest BCUT2D eigenvalue weighted by Crippen LogP contribution is 2.20. The zero-order valence-electron chi connectivity index (χ0n) is 14.1. The van der Waals surface area contributed by atoms with Crippen molar-refractivity contribution in [3.63, 3.8) is 0 Å². The highest BCUT2D eigenvalue weighted by atomic mass is 16.5. The zero-order chi connectivity index (χ0) is 17.0. The number of carbonyl (C=O) groups is 2. The molecule has 2 heterocycles. The van der Waals surface area contributed by atoms with Crippen LogP contribution in [0.1, 0.15) is 23.2 Å². The van der Waals surface area contributed by atoms with Gasteiger partial charge in [-0.3, -0.25) is 14.5 Å². The number of rotatable bonds is 5. The molecule has 0 radical (unpaired) electrons. The van der Waals surface area contributed by atoms with Gasteiger partial charge in [-0.2, -0.15) is 0 Å². The lowest BCUT2D eigenvalue weighted by atomic mass is 10.1. The van der Waals surface area contributed by atoms with Crippen LogP contribution in [-0.2, 0) is 16.1 Å². The van der Waals surface area contributed by atoms with Crippen molar-refractivity contribution in [2.24, 2.45) is 0 Å². The van der Waals surface area contributed by atoms with E-state index < -0.39 is 6.04 Å². The van der Waals surface area contributed by atoms with E-state index in [9.17, 15) is 9.59 Å². The Morgan fingerprint density at radius 2 is 2.26 bits per heavy atom. The Bertz CT molecular complexity index is 603. The third-order valence-electron chi connectivity index (χ3n) is 4.07. The van der Waals surface area contributed by atoms with Crippen molar-refractivity contribution >= 4 is 11.8 Å². The summed E-state index contributed by atoms with van der Waals surface area (Å²) < 4.78 is 5.29. The minimum absolute atomic E-state index is 0.0975. The molecule has 23 heavy (non-hydrogen) atoms. The van der Waals surface area contributed by atoms with E-state index in [2.05, 4.69) is 15.6 Å². The molecule has 0 aromatic carbocycles. The van der Waals surface area contributed by atoms with Gasteiger partial charge in [0.15, 0.2) is 0 Å². The van der Waals surface area contributed by atoms with E-state index in [4.69, 9.17) is 4.74 Å². The van der Waals surface area contributed by atoms with Crippen molar-refractivity contribution in [2.75, 3.05) is 27.2 Å². The van der Waals surface area contributed by atoms with Crippen molar-refractivity contribution in [3.05, 3.63) is 22.9 Å². The highest BCUT2D eigenvalue weighted by molar-refractivity contribution is 5.88. The Kier molecular flexibility index (Phi) is 5.54. The van der Waals surface area contributed by atoms with Crippen molar-refractivity contribution in [1.29, 1.82) is 0 Å². The molecule has 1 atom stereocenters. The molecule has 1 aromatic heterocycles. The number of aromatic nitrogens is 1. The number of nitrogens with zero attached hydrogens (tertiary/aromatic N) is 2. The Hall–Kier alpha value is -2.15. The number of piperazine rings is 1. The van der Waals surface area contributed by atoms with Crippen LogP contribution in [-0.4, -0.2) is 55.0 Å². The molecule has 7 nitrogen and oxygen atoms in total. The summed E-state index contributed by atoms with van der Waals surface area (Å²) in [5.41, 5.74) is 2.74. The molecule has 0 bridgehead atoms. The van der Waals surface area contributed by atoms with Gasteiger partial charge in [-0.05, 0) is 32.5 Å². The second-order valence-electron chi connectivity index (χ2n) is 5.84. The first-order valence-electron chi connectivity index (χ1n) is 7.68. The molecule has 0 aliphatic carbocycles. The maximum Gasteiger partial charge on any atom is 0.237 e. The molecule has 2 N–H and O–H groups in total. The highest BCUT2D eigenvalue weighted by Gasteiger charge is 2.29. The van der Waals surface area contributed by atoms with Crippen molar-refractivity contribution in [1.82, 2.24) is 20.5 Å². The molecule has 1 unspecified atom stereocenters. The van der Waals surface area contributed by atoms with Gasteiger partial charge in [0, 0.05) is 30.9 Å². The molecule has 1 aromatic rings. The standard InChI is InChI=1S/C16H24N4O3/c1-10-7-11(2)19-16(23-4)12(10)9-18-14(21)8-13-15(22)17-5-6-20(13)3/h7,13H,5-6,8-9H2,1-4H3,(H,17,22)(H,18,21). The Labute approximate surface area is 136 Å². The first-order chi connectivity index (χ1) is 10.9. The smallest absolute Gasteiger partial charge is 0.237 e. The van der Waals surface area contributed by atoms with Crippen molar-refractivity contribution in [3.8, 4) is 5.88 Å². The fourth-order valence-electron chi connectivity index (χ4n) is 2.73. The number of amides is 2. The number of ether oxygens (including phenoxy) is 1. The largest absolute Gasteiger partial charge is 0.481 e. The van der Waals surface area contributed by atoms with Gasteiger partial charge in [0.2, 0.25) is 17.7 Å². The number of nitrogens with one attached hydrogen (secondary N) is 2. The number of hydrogen-bond acceptors (Lipinski definition) is 5. The average Bonchev–Trinajstić information content (AvgIpc) is 2.49. The summed E-state index contributed by atoms with van der Waals surface area (Å²) in [5, 5.41) is 5.64. The van der Waals surface area contributed by atoms with Gasteiger partial charge >= 0.3 is 0 Å². The Morgan fingerprint density at radius 3 is 2.91 bits per heavy atom.